The zero-order valence-corrected chi connectivity index (χ0v) is 19.2. The van der Waals surface area contributed by atoms with Gasteiger partial charge in [-0.3, -0.25) is 4.79 Å². The summed E-state index contributed by atoms with van der Waals surface area (Å²) in [5, 5.41) is 14.5. The highest BCUT2D eigenvalue weighted by Gasteiger charge is 2.20. The fourth-order valence-corrected chi connectivity index (χ4v) is 4.53. The number of benzene rings is 2. The van der Waals surface area contributed by atoms with Gasteiger partial charge in [0.15, 0.2) is 0 Å². The molecule has 4 aromatic rings. The SMILES string of the molecule is COc1ccc(N(Cc2cccs2)C(=O)CSc2nnnn2-c2ccccc2OC)cc1. The molecule has 8 nitrogen and oxygen atoms in total. The third-order valence-corrected chi connectivity index (χ3v) is 6.42. The molecule has 32 heavy (non-hydrogen) atoms. The number of hydrogen-bond donors (Lipinski definition) is 0. The van der Waals surface area contributed by atoms with Crippen molar-refractivity contribution in [1.29, 1.82) is 0 Å². The van der Waals surface area contributed by atoms with Gasteiger partial charge in [-0.15, -0.1) is 16.4 Å². The van der Waals surface area contributed by atoms with Gasteiger partial charge in [-0.25, -0.2) is 0 Å². The van der Waals surface area contributed by atoms with Crippen LogP contribution in [0.5, 0.6) is 11.5 Å². The Kier molecular flexibility index (Phi) is 7.03. The van der Waals surface area contributed by atoms with Gasteiger partial charge in [0.1, 0.15) is 17.2 Å². The molecule has 0 bridgehead atoms. The van der Waals surface area contributed by atoms with Crippen LogP contribution in [0.15, 0.2) is 71.2 Å². The molecule has 0 N–H and O–H groups in total. The summed E-state index contributed by atoms with van der Waals surface area (Å²) in [6.45, 7) is 0.487. The van der Waals surface area contributed by atoms with Crippen LogP contribution in [-0.4, -0.2) is 46.1 Å². The Morgan fingerprint density at radius 1 is 1.06 bits per heavy atom. The molecule has 0 aliphatic rings. The number of methoxy groups -OCH3 is 2. The van der Waals surface area contributed by atoms with Gasteiger partial charge in [0, 0.05) is 10.6 Å². The third kappa shape index (κ3) is 4.92. The second-order valence-corrected chi connectivity index (χ2v) is 8.57. The van der Waals surface area contributed by atoms with E-state index >= 15 is 0 Å². The maximum Gasteiger partial charge on any atom is 0.237 e. The molecule has 0 aliphatic heterocycles. The number of thioether (sulfide) groups is 1. The Hall–Kier alpha value is -3.37. The largest absolute Gasteiger partial charge is 0.497 e. The van der Waals surface area contributed by atoms with Crippen molar-refractivity contribution in [1.82, 2.24) is 20.2 Å². The lowest BCUT2D eigenvalue weighted by molar-refractivity contribution is -0.116. The van der Waals surface area contributed by atoms with Crippen LogP contribution >= 0.6 is 23.1 Å². The van der Waals surface area contributed by atoms with Crippen molar-refractivity contribution in [3.63, 3.8) is 0 Å². The lowest BCUT2D eigenvalue weighted by Gasteiger charge is -2.22. The minimum absolute atomic E-state index is 0.0526. The highest BCUT2D eigenvalue weighted by molar-refractivity contribution is 7.99. The van der Waals surface area contributed by atoms with Crippen LogP contribution in [0.3, 0.4) is 0 Å². The van der Waals surface area contributed by atoms with Crippen molar-refractivity contribution in [3.05, 3.63) is 70.9 Å². The van der Waals surface area contributed by atoms with Crippen molar-refractivity contribution < 1.29 is 14.3 Å². The number of amides is 1. The standard InChI is InChI=1S/C22H21N5O3S2/c1-29-17-11-9-16(10-12-17)26(14-18-6-5-13-31-18)21(28)15-32-22-23-24-25-27(22)19-7-3-4-8-20(19)30-2/h3-13H,14-15H2,1-2H3. The van der Waals surface area contributed by atoms with E-state index in [-0.39, 0.29) is 11.7 Å². The fraction of sp³-hybridized carbons (Fsp3) is 0.182. The summed E-state index contributed by atoms with van der Waals surface area (Å²) in [4.78, 5) is 16.1. The predicted molar refractivity (Wildman–Crippen MR) is 125 cm³/mol. The highest BCUT2D eigenvalue weighted by atomic mass is 32.2. The van der Waals surface area contributed by atoms with Crippen LogP contribution in [-0.2, 0) is 11.3 Å². The Labute approximate surface area is 193 Å². The van der Waals surface area contributed by atoms with Gasteiger partial charge in [-0.2, -0.15) is 4.68 Å². The number of thiophene rings is 1. The van der Waals surface area contributed by atoms with Gasteiger partial charge < -0.3 is 14.4 Å². The van der Waals surface area contributed by atoms with E-state index in [1.54, 1.807) is 35.1 Å². The first-order valence-electron chi connectivity index (χ1n) is 9.71. The van der Waals surface area contributed by atoms with E-state index in [1.807, 2.05) is 66.0 Å². The molecule has 1 amide bonds. The topological polar surface area (TPSA) is 82.4 Å². The fourth-order valence-electron chi connectivity index (χ4n) is 3.07. The summed E-state index contributed by atoms with van der Waals surface area (Å²) in [5.41, 5.74) is 1.51. The molecule has 2 aromatic carbocycles. The number of carbonyl (C=O) groups excluding carboxylic acids is 1. The monoisotopic (exact) mass is 467 g/mol. The van der Waals surface area contributed by atoms with Crippen molar-refractivity contribution in [2.24, 2.45) is 0 Å². The Balaban J connectivity index is 1.53. The molecule has 0 fully saturated rings. The predicted octanol–water partition coefficient (Wildman–Crippen LogP) is 4.07. The van der Waals surface area contributed by atoms with Crippen molar-refractivity contribution in [2.75, 3.05) is 24.9 Å². The Morgan fingerprint density at radius 2 is 1.88 bits per heavy atom. The number of tetrazole rings is 1. The van der Waals surface area contributed by atoms with E-state index in [1.165, 1.54) is 11.8 Å². The molecule has 4 rings (SSSR count). The minimum Gasteiger partial charge on any atom is -0.497 e. The number of carbonyl (C=O) groups is 1. The molecule has 0 radical (unpaired) electrons. The summed E-state index contributed by atoms with van der Waals surface area (Å²) in [6, 6.07) is 18.9. The number of rotatable bonds is 9. The van der Waals surface area contributed by atoms with Gasteiger partial charge >= 0.3 is 0 Å². The van der Waals surface area contributed by atoms with Crippen molar-refractivity contribution in [3.8, 4) is 17.2 Å². The number of anilines is 1. The summed E-state index contributed by atoms with van der Waals surface area (Å²) in [6.07, 6.45) is 0. The van der Waals surface area contributed by atoms with Gasteiger partial charge in [0.05, 0.1) is 26.5 Å². The first-order valence-corrected chi connectivity index (χ1v) is 11.6. The average Bonchev–Trinajstić information content (AvgIpc) is 3.53. The van der Waals surface area contributed by atoms with Gasteiger partial charge in [-0.05, 0) is 58.3 Å². The van der Waals surface area contributed by atoms with Crippen LogP contribution in [0.4, 0.5) is 5.69 Å². The second-order valence-electron chi connectivity index (χ2n) is 6.59. The molecule has 0 aliphatic carbocycles. The quantitative estimate of drug-likeness (QED) is 0.343. The molecule has 10 heteroatoms. The van der Waals surface area contributed by atoms with E-state index in [2.05, 4.69) is 15.5 Å². The summed E-state index contributed by atoms with van der Waals surface area (Å²) in [5.74, 6) is 1.50. The Bertz CT molecular complexity index is 1160. The van der Waals surface area contributed by atoms with Gasteiger partial charge in [0.2, 0.25) is 11.1 Å². The normalized spacial score (nSPS) is 10.7. The number of aromatic nitrogens is 4. The molecule has 2 heterocycles. The number of nitrogens with zero attached hydrogens (tertiary/aromatic N) is 5. The van der Waals surface area contributed by atoms with Crippen LogP contribution in [0.1, 0.15) is 4.88 Å². The molecule has 0 unspecified atom stereocenters. The number of para-hydroxylation sites is 2. The summed E-state index contributed by atoms with van der Waals surface area (Å²) >= 11 is 2.89. The zero-order valence-electron chi connectivity index (χ0n) is 17.5. The maximum atomic E-state index is 13.3. The first-order chi connectivity index (χ1) is 15.7. The number of hydrogen-bond acceptors (Lipinski definition) is 8. The summed E-state index contributed by atoms with van der Waals surface area (Å²) < 4.78 is 12.2. The molecular formula is C22H21N5O3S2. The van der Waals surface area contributed by atoms with Gasteiger partial charge in [0.25, 0.3) is 0 Å². The van der Waals surface area contributed by atoms with Crippen molar-refractivity contribution >= 4 is 34.7 Å². The van der Waals surface area contributed by atoms with E-state index in [0.29, 0.717) is 23.1 Å². The third-order valence-electron chi connectivity index (χ3n) is 4.66. The van der Waals surface area contributed by atoms with E-state index in [9.17, 15) is 4.79 Å². The first kappa shape index (κ1) is 21.8. The molecule has 0 atom stereocenters. The smallest absolute Gasteiger partial charge is 0.237 e. The Morgan fingerprint density at radius 3 is 2.59 bits per heavy atom. The molecule has 2 aromatic heterocycles. The zero-order chi connectivity index (χ0) is 22.3. The lowest BCUT2D eigenvalue weighted by atomic mass is 10.2. The lowest BCUT2D eigenvalue weighted by Crippen LogP contribution is -2.31. The van der Waals surface area contributed by atoms with Crippen LogP contribution < -0.4 is 14.4 Å². The molecule has 0 saturated carbocycles. The van der Waals surface area contributed by atoms with E-state index < -0.39 is 0 Å². The molecule has 0 spiro atoms. The molecular weight excluding hydrogens is 446 g/mol. The molecule has 164 valence electrons. The van der Waals surface area contributed by atoms with Gasteiger partial charge in [-0.1, -0.05) is 30.0 Å². The minimum atomic E-state index is -0.0526. The van der Waals surface area contributed by atoms with E-state index in [0.717, 1.165) is 16.3 Å². The van der Waals surface area contributed by atoms with E-state index in [4.69, 9.17) is 9.47 Å². The highest BCUT2D eigenvalue weighted by Crippen LogP contribution is 2.27. The van der Waals surface area contributed by atoms with Crippen molar-refractivity contribution in [2.45, 2.75) is 11.7 Å². The molecule has 0 saturated heterocycles. The number of ether oxygens (including phenoxy) is 2. The second kappa shape index (κ2) is 10.3. The van der Waals surface area contributed by atoms with Crippen LogP contribution in [0, 0.1) is 0 Å². The summed E-state index contributed by atoms with van der Waals surface area (Å²) in [7, 11) is 3.21. The van der Waals surface area contributed by atoms with Crippen LogP contribution in [0.2, 0.25) is 0 Å². The van der Waals surface area contributed by atoms with Crippen LogP contribution in [0.25, 0.3) is 5.69 Å². The maximum absolute atomic E-state index is 13.3. The average molecular weight is 468 g/mol.